The molecule has 116 valence electrons. The third-order valence-electron chi connectivity index (χ3n) is 3.96. The first kappa shape index (κ1) is 15.5. The van der Waals surface area contributed by atoms with Crippen molar-refractivity contribution in [2.75, 3.05) is 19.6 Å². The van der Waals surface area contributed by atoms with Crippen LogP contribution in [0.15, 0.2) is 4.52 Å². The van der Waals surface area contributed by atoms with Gasteiger partial charge in [-0.05, 0) is 26.7 Å². The van der Waals surface area contributed by atoms with E-state index >= 15 is 0 Å². The van der Waals surface area contributed by atoms with Gasteiger partial charge in [0.15, 0.2) is 0 Å². The summed E-state index contributed by atoms with van der Waals surface area (Å²) < 4.78 is 5.06. The van der Waals surface area contributed by atoms with Crippen LogP contribution < -0.4 is 5.32 Å². The van der Waals surface area contributed by atoms with Crippen molar-refractivity contribution in [1.29, 1.82) is 0 Å². The van der Waals surface area contributed by atoms with Crippen molar-refractivity contribution in [3.63, 3.8) is 0 Å². The molecule has 2 rings (SSSR count). The standard InChI is InChI=1S/C14H21N3O4/c1-9-12(10(2)21-16-9)7-15-8-13(18)17-5-3-11(4-6-17)14(19)20/h11,15H,3-8H2,1-2H3,(H,19,20). The zero-order valence-electron chi connectivity index (χ0n) is 12.4. The van der Waals surface area contributed by atoms with E-state index in [2.05, 4.69) is 10.5 Å². The Balaban J connectivity index is 1.74. The fourth-order valence-corrected chi connectivity index (χ4v) is 2.54. The monoisotopic (exact) mass is 295 g/mol. The smallest absolute Gasteiger partial charge is 0.306 e. The van der Waals surface area contributed by atoms with Crippen molar-refractivity contribution in [2.45, 2.75) is 33.2 Å². The van der Waals surface area contributed by atoms with Gasteiger partial charge in [0.1, 0.15) is 5.76 Å². The maximum absolute atomic E-state index is 12.0. The van der Waals surface area contributed by atoms with Gasteiger partial charge >= 0.3 is 5.97 Å². The molecule has 1 aromatic heterocycles. The summed E-state index contributed by atoms with van der Waals surface area (Å²) in [6, 6.07) is 0. The highest BCUT2D eigenvalue weighted by Gasteiger charge is 2.26. The highest BCUT2D eigenvalue weighted by atomic mass is 16.5. The van der Waals surface area contributed by atoms with E-state index in [9.17, 15) is 9.59 Å². The van der Waals surface area contributed by atoms with Crippen LogP contribution in [0.2, 0.25) is 0 Å². The van der Waals surface area contributed by atoms with Gasteiger partial charge in [0.25, 0.3) is 0 Å². The number of nitrogens with zero attached hydrogens (tertiary/aromatic N) is 2. The average Bonchev–Trinajstić information content (AvgIpc) is 2.79. The Hall–Kier alpha value is -1.89. The number of carbonyl (C=O) groups excluding carboxylic acids is 1. The van der Waals surface area contributed by atoms with Crippen LogP contribution >= 0.6 is 0 Å². The Bertz CT molecular complexity index is 499. The second kappa shape index (κ2) is 6.71. The largest absolute Gasteiger partial charge is 0.481 e. The summed E-state index contributed by atoms with van der Waals surface area (Å²) in [5.74, 6) is -0.316. The molecule has 0 radical (unpaired) electrons. The molecule has 1 aliphatic rings. The molecule has 7 heteroatoms. The van der Waals surface area contributed by atoms with Crippen LogP contribution in [0.5, 0.6) is 0 Å². The second-order valence-corrected chi connectivity index (χ2v) is 5.40. The third kappa shape index (κ3) is 3.81. The maximum atomic E-state index is 12.0. The molecule has 1 aromatic rings. The highest BCUT2D eigenvalue weighted by molar-refractivity contribution is 5.78. The molecule has 7 nitrogen and oxygen atoms in total. The molecule has 2 N–H and O–H groups in total. The van der Waals surface area contributed by atoms with E-state index in [0.29, 0.717) is 32.5 Å². The van der Waals surface area contributed by atoms with E-state index in [1.165, 1.54) is 0 Å². The molecule has 0 unspecified atom stereocenters. The minimum Gasteiger partial charge on any atom is -0.481 e. The minimum atomic E-state index is -0.765. The van der Waals surface area contributed by atoms with E-state index < -0.39 is 5.97 Å². The van der Waals surface area contributed by atoms with Gasteiger partial charge in [0.05, 0.1) is 18.2 Å². The van der Waals surface area contributed by atoms with Crippen LogP contribution in [0.1, 0.15) is 29.9 Å². The molecule has 1 aliphatic heterocycles. The van der Waals surface area contributed by atoms with Crippen molar-refractivity contribution >= 4 is 11.9 Å². The van der Waals surface area contributed by atoms with Gasteiger partial charge in [-0.25, -0.2) is 0 Å². The fraction of sp³-hybridized carbons (Fsp3) is 0.643. The summed E-state index contributed by atoms with van der Waals surface area (Å²) in [5, 5.41) is 15.9. The van der Waals surface area contributed by atoms with Crippen LogP contribution in [-0.4, -0.2) is 46.7 Å². The van der Waals surface area contributed by atoms with Gasteiger partial charge in [-0.3, -0.25) is 9.59 Å². The van der Waals surface area contributed by atoms with Gasteiger partial charge in [-0.15, -0.1) is 0 Å². The lowest BCUT2D eigenvalue weighted by Gasteiger charge is -2.30. The predicted octanol–water partition coefficient (Wildman–Crippen LogP) is 0.704. The van der Waals surface area contributed by atoms with Crippen molar-refractivity contribution in [1.82, 2.24) is 15.4 Å². The Morgan fingerprint density at radius 3 is 2.57 bits per heavy atom. The van der Waals surface area contributed by atoms with Crippen molar-refractivity contribution < 1.29 is 19.2 Å². The molecule has 0 spiro atoms. The maximum Gasteiger partial charge on any atom is 0.306 e. The first-order valence-electron chi connectivity index (χ1n) is 7.12. The molecule has 0 atom stereocenters. The molecular weight excluding hydrogens is 274 g/mol. The lowest BCUT2D eigenvalue weighted by atomic mass is 9.97. The molecule has 0 saturated carbocycles. The Morgan fingerprint density at radius 1 is 1.38 bits per heavy atom. The van der Waals surface area contributed by atoms with E-state index in [1.54, 1.807) is 4.90 Å². The summed E-state index contributed by atoms with van der Waals surface area (Å²) in [6.45, 7) is 5.52. The number of hydrogen-bond donors (Lipinski definition) is 2. The second-order valence-electron chi connectivity index (χ2n) is 5.40. The Labute approximate surface area is 123 Å². The lowest BCUT2D eigenvalue weighted by molar-refractivity contribution is -0.145. The van der Waals surface area contributed by atoms with Crippen LogP contribution in [0, 0.1) is 19.8 Å². The van der Waals surface area contributed by atoms with Crippen LogP contribution in [0.25, 0.3) is 0 Å². The Kier molecular flexibility index (Phi) is 4.95. The number of aliphatic carboxylic acids is 1. The summed E-state index contributed by atoms with van der Waals surface area (Å²) in [6.07, 6.45) is 1.07. The molecular formula is C14H21N3O4. The normalized spacial score (nSPS) is 16.2. The van der Waals surface area contributed by atoms with Crippen molar-refractivity contribution in [3.8, 4) is 0 Å². The van der Waals surface area contributed by atoms with Crippen LogP contribution in [0.4, 0.5) is 0 Å². The highest BCUT2D eigenvalue weighted by Crippen LogP contribution is 2.17. The number of nitrogens with one attached hydrogen (secondary N) is 1. The SMILES string of the molecule is Cc1noc(C)c1CNCC(=O)N1CCC(C(=O)O)CC1. The first-order valence-corrected chi connectivity index (χ1v) is 7.12. The van der Waals surface area contributed by atoms with E-state index in [0.717, 1.165) is 17.0 Å². The van der Waals surface area contributed by atoms with Gasteiger partial charge in [-0.1, -0.05) is 5.16 Å². The van der Waals surface area contributed by atoms with Crippen molar-refractivity contribution in [3.05, 3.63) is 17.0 Å². The molecule has 1 saturated heterocycles. The van der Waals surface area contributed by atoms with E-state index in [1.807, 2.05) is 13.8 Å². The fourth-order valence-electron chi connectivity index (χ4n) is 2.54. The molecule has 0 aromatic carbocycles. The summed E-state index contributed by atoms with van der Waals surface area (Å²) in [7, 11) is 0. The number of amides is 1. The molecule has 2 heterocycles. The number of rotatable bonds is 5. The summed E-state index contributed by atoms with van der Waals surface area (Å²) in [5.41, 5.74) is 1.81. The van der Waals surface area contributed by atoms with Gasteiger partial charge in [0, 0.05) is 25.2 Å². The van der Waals surface area contributed by atoms with E-state index in [-0.39, 0.29) is 18.4 Å². The number of likely N-dealkylation sites (tertiary alicyclic amines) is 1. The number of piperidine rings is 1. The predicted molar refractivity (Wildman–Crippen MR) is 74.6 cm³/mol. The summed E-state index contributed by atoms with van der Waals surface area (Å²) in [4.78, 5) is 24.6. The quantitative estimate of drug-likeness (QED) is 0.830. The van der Waals surface area contributed by atoms with Crippen LogP contribution in [-0.2, 0) is 16.1 Å². The number of carboxylic acid groups (broad SMARTS) is 1. The molecule has 1 amide bonds. The third-order valence-corrected chi connectivity index (χ3v) is 3.96. The lowest BCUT2D eigenvalue weighted by Crippen LogP contribution is -2.44. The van der Waals surface area contributed by atoms with Gasteiger partial charge in [-0.2, -0.15) is 0 Å². The summed E-state index contributed by atoms with van der Waals surface area (Å²) >= 11 is 0. The average molecular weight is 295 g/mol. The molecule has 21 heavy (non-hydrogen) atoms. The van der Waals surface area contributed by atoms with E-state index in [4.69, 9.17) is 9.63 Å². The Morgan fingerprint density at radius 2 is 2.05 bits per heavy atom. The first-order chi connectivity index (χ1) is 9.99. The molecule has 0 bridgehead atoms. The minimum absolute atomic E-state index is 0.00518. The molecule has 1 fully saturated rings. The van der Waals surface area contributed by atoms with Gasteiger partial charge < -0.3 is 19.8 Å². The number of aromatic nitrogens is 1. The number of hydrogen-bond acceptors (Lipinski definition) is 5. The molecule has 0 aliphatic carbocycles. The number of aryl methyl sites for hydroxylation is 2. The number of carboxylic acids is 1. The number of carbonyl (C=O) groups is 2. The van der Waals surface area contributed by atoms with Crippen molar-refractivity contribution in [2.24, 2.45) is 5.92 Å². The zero-order chi connectivity index (χ0) is 15.4. The van der Waals surface area contributed by atoms with Gasteiger partial charge in [0.2, 0.25) is 5.91 Å². The topological polar surface area (TPSA) is 95.7 Å². The van der Waals surface area contributed by atoms with Crippen LogP contribution in [0.3, 0.4) is 0 Å². The zero-order valence-corrected chi connectivity index (χ0v) is 12.4.